The van der Waals surface area contributed by atoms with Crippen LogP contribution in [0.15, 0.2) is 22.9 Å². The minimum Gasteiger partial charge on any atom is -0.465 e. The van der Waals surface area contributed by atoms with Gasteiger partial charge in [0.25, 0.3) is 0 Å². The van der Waals surface area contributed by atoms with E-state index in [1.54, 1.807) is 11.4 Å². The van der Waals surface area contributed by atoms with Gasteiger partial charge in [-0.25, -0.2) is 4.79 Å². The average molecular weight is 310 g/mol. The maximum Gasteiger partial charge on any atom is 0.350 e. The molecule has 0 saturated heterocycles. The monoisotopic (exact) mass is 310 g/mol. The summed E-state index contributed by atoms with van der Waals surface area (Å²) in [5.74, 6) is -0.817. The third-order valence-electron chi connectivity index (χ3n) is 2.73. The summed E-state index contributed by atoms with van der Waals surface area (Å²) in [7, 11) is 1.31. The summed E-state index contributed by atoms with van der Waals surface area (Å²) >= 11 is 2.65. The van der Waals surface area contributed by atoms with E-state index in [-0.39, 0.29) is 5.91 Å². The van der Waals surface area contributed by atoms with Crippen LogP contribution in [0.1, 0.15) is 26.2 Å². The number of ether oxygens (including phenoxy) is 1. The summed E-state index contributed by atoms with van der Waals surface area (Å²) in [5.41, 5.74) is 7.17. The SMILES string of the molecule is COC(=O)c1scc(C)c1NC(=O)C(N)c1cccs1. The highest BCUT2D eigenvalue weighted by Crippen LogP contribution is 2.29. The predicted molar refractivity (Wildman–Crippen MR) is 80.3 cm³/mol. The number of carbonyl (C=O) groups excluding carboxylic acids is 2. The number of rotatable bonds is 4. The van der Waals surface area contributed by atoms with E-state index in [4.69, 9.17) is 10.5 Å². The standard InChI is InChI=1S/C13H14N2O3S2/c1-7-6-20-11(13(17)18-2)10(7)15-12(16)9(14)8-4-3-5-19-8/h3-6,9H,14H2,1-2H3,(H,15,16). The molecule has 2 aromatic heterocycles. The number of thiophene rings is 2. The maximum absolute atomic E-state index is 12.1. The maximum atomic E-state index is 12.1. The van der Waals surface area contributed by atoms with Crippen molar-refractivity contribution in [3.63, 3.8) is 0 Å². The number of methoxy groups -OCH3 is 1. The lowest BCUT2D eigenvalue weighted by Crippen LogP contribution is -2.27. The number of esters is 1. The number of hydrogen-bond donors (Lipinski definition) is 2. The third kappa shape index (κ3) is 2.90. The molecule has 0 bridgehead atoms. The Labute approximate surface area is 124 Å². The molecule has 3 N–H and O–H groups in total. The van der Waals surface area contributed by atoms with Crippen molar-refractivity contribution in [2.45, 2.75) is 13.0 Å². The second kappa shape index (κ2) is 6.17. The minimum atomic E-state index is -0.750. The van der Waals surface area contributed by atoms with Gasteiger partial charge in [0.1, 0.15) is 10.9 Å². The number of aryl methyl sites for hydroxylation is 1. The Balaban J connectivity index is 2.20. The van der Waals surface area contributed by atoms with E-state index in [1.165, 1.54) is 29.8 Å². The molecule has 0 radical (unpaired) electrons. The number of carbonyl (C=O) groups is 2. The Bertz CT molecular complexity index is 620. The molecule has 2 aromatic rings. The van der Waals surface area contributed by atoms with Crippen LogP contribution in [0, 0.1) is 6.92 Å². The van der Waals surface area contributed by atoms with Crippen LogP contribution in [0.4, 0.5) is 5.69 Å². The Hall–Kier alpha value is -1.70. The molecule has 0 saturated carbocycles. The van der Waals surface area contributed by atoms with Gasteiger partial charge in [-0.3, -0.25) is 4.79 Å². The summed E-state index contributed by atoms with van der Waals surface area (Å²) in [6.45, 7) is 1.81. The van der Waals surface area contributed by atoms with E-state index in [0.717, 1.165) is 10.4 Å². The molecular weight excluding hydrogens is 296 g/mol. The van der Waals surface area contributed by atoms with Crippen molar-refractivity contribution < 1.29 is 14.3 Å². The zero-order valence-corrected chi connectivity index (χ0v) is 12.6. The van der Waals surface area contributed by atoms with Gasteiger partial charge in [0.2, 0.25) is 5.91 Å². The molecule has 20 heavy (non-hydrogen) atoms. The molecule has 106 valence electrons. The predicted octanol–water partition coefficient (Wildman–Crippen LogP) is 2.54. The van der Waals surface area contributed by atoms with Crippen molar-refractivity contribution in [1.29, 1.82) is 0 Å². The second-order valence-corrected chi connectivity index (χ2v) is 5.96. The average Bonchev–Trinajstić information content (AvgIpc) is 3.08. The lowest BCUT2D eigenvalue weighted by molar-refractivity contribution is -0.117. The number of hydrogen-bond acceptors (Lipinski definition) is 6. The fourth-order valence-electron chi connectivity index (χ4n) is 1.64. The van der Waals surface area contributed by atoms with Crippen LogP contribution in [0.3, 0.4) is 0 Å². The van der Waals surface area contributed by atoms with Gasteiger partial charge in [-0.15, -0.1) is 22.7 Å². The van der Waals surface area contributed by atoms with E-state index in [2.05, 4.69) is 5.32 Å². The van der Waals surface area contributed by atoms with E-state index in [1.807, 2.05) is 18.4 Å². The first-order valence-electron chi connectivity index (χ1n) is 5.80. The summed E-state index contributed by atoms with van der Waals surface area (Å²) in [4.78, 5) is 24.9. The fraction of sp³-hybridized carbons (Fsp3) is 0.231. The molecule has 0 aliphatic rings. The molecule has 0 aliphatic heterocycles. The summed E-state index contributed by atoms with van der Waals surface area (Å²) in [6.07, 6.45) is 0. The van der Waals surface area contributed by atoms with Crippen LogP contribution < -0.4 is 11.1 Å². The number of amides is 1. The van der Waals surface area contributed by atoms with Crippen molar-refractivity contribution in [3.8, 4) is 0 Å². The van der Waals surface area contributed by atoms with Crippen LogP contribution in [-0.4, -0.2) is 19.0 Å². The van der Waals surface area contributed by atoms with Gasteiger partial charge in [0.05, 0.1) is 12.8 Å². The largest absolute Gasteiger partial charge is 0.465 e. The Morgan fingerprint density at radius 2 is 2.15 bits per heavy atom. The van der Waals surface area contributed by atoms with Gasteiger partial charge in [-0.1, -0.05) is 6.07 Å². The molecule has 1 atom stereocenters. The molecule has 0 aliphatic carbocycles. The van der Waals surface area contributed by atoms with Crippen LogP contribution in [0.2, 0.25) is 0 Å². The molecule has 1 amide bonds. The fourth-order valence-corrected chi connectivity index (χ4v) is 3.29. The van der Waals surface area contributed by atoms with E-state index < -0.39 is 12.0 Å². The van der Waals surface area contributed by atoms with E-state index >= 15 is 0 Å². The normalized spacial score (nSPS) is 11.9. The summed E-state index contributed by atoms with van der Waals surface area (Å²) in [5, 5.41) is 6.36. The van der Waals surface area contributed by atoms with Crippen molar-refractivity contribution in [2.75, 3.05) is 12.4 Å². The van der Waals surface area contributed by atoms with Gasteiger partial charge in [-0.2, -0.15) is 0 Å². The molecule has 0 aromatic carbocycles. The number of nitrogens with two attached hydrogens (primary N) is 1. The quantitative estimate of drug-likeness (QED) is 0.850. The van der Waals surface area contributed by atoms with Crippen LogP contribution in [0.25, 0.3) is 0 Å². The zero-order valence-electron chi connectivity index (χ0n) is 11.0. The molecule has 1 unspecified atom stereocenters. The molecule has 0 spiro atoms. The van der Waals surface area contributed by atoms with Crippen molar-refractivity contribution in [1.82, 2.24) is 0 Å². The van der Waals surface area contributed by atoms with E-state index in [9.17, 15) is 9.59 Å². The molecule has 0 fully saturated rings. The highest BCUT2D eigenvalue weighted by atomic mass is 32.1. The van der Waals surface area contributed by atoms with Gasteiger partial charge in [0.15, 0.2) is 0 Å². The summed E-state index contributed by atoms with van der Waals surface area (Å²) in [6, 6.07) is 2.89. The highest BCUT2D eigenvalue weighted by Gasteiger charge is 2.22. The minimum absolute atomic E-state index is 0.348. The van der Waals surface area contributed by atoms with Gasteiger partial charge in [0, 0.05) is 4.88 Å². The van der Waals surface area contributed by atoms with Crippen LogP contribution in [-0.2, 0) is 9.53 Å². The smallest absolute Gasteiger partial charge is 0.350 e. The second-order valence-electron chi connectivity index (χ2n) is 4.10. The van der Waals surface area contributed by atoms with Gasteiger partial charge < -0.3 is 15.8 Å². The highest BCUT2D eigenvalue weighted by molar-refractivity contribution is 7.12. The van der Waals surface area contributed by atoms with Crippen molar-refractivity contribution >= 4 is 40.2 Å². The molecule has 2 heterocycles. The molecule has 5 nitrogen and oxygen atoms in total. The zero-order chi connectivity index (χ0) is 14.7. The number of anilines is 1. The van der Waals surface area contributed by atoms with Crippen molar-refractivity contribution in [2.24, 2.45) is 5.73 Å². The van der Waals surface area contributed by atoms with Gasteiger partial charge in [-0.05, 0) is 29.3 Å². The Morgan fingerprint density at radius 1 is 1.40 bits per heavy atom. The number of nitrogens with one attached hydrogen (secondary N) is 1. The first-order chi connectivity index (χ1) is 9.54. The van der Waals surface area contributed by atoms with Crippen LogP contribution in [0.5, 0.6) is 0 Å². The lowest BCUT2D eigenvalue weighted by Gasteiger charge is -2.11. The Morgan fingerprint density at radius 3 is 2.75 bits per heavy atom. The van der Waals surface area contributed by atoms with Gasteiger partial charge >= 0.3 is 5.97 Å². The van der Waals surface area contributed by atoms with E-state index in [0.29, 0.717) is 10.6 Å². The Kier molecular flexibility index (Phi) is 4.53. The third-order valence-corrected chi connectivity index (χ3v) is 4.76. The first-order valence-corrected chi connectivity index (χ1v) is 7.56. The van der Waals surface area contributed by atoms with Crippen molar-refractivity contribution in [3.05, 3.63) is 38.2 Å². The molecule has 7 heteroatoms. The first kappa shape index (κ1) is 14.7. The molecule has 2 rings (SSSR count). The summed E-state index contributed by atoms with van der Waals surface area (Å²) < 4.78 is 4.70. The molecular formula is C13H14N2O3S2. The topological polar surface area (TPSA) is 81.4 Å². The lowest BCUT2D eigenvalue weighted by atomic mass is 10.2. The van der Waals surface area contributed by atoms with Crippen LogP contribution >= 0.6 is 22.7 Å².